The molecule has 0 bridgehead atoms. The lowest BCUT2D eigenvalue weighted by Crippen LogP contribution is -2.43. The second-order valence-electron chi connectivity index (χ2n) is 5.03. The van der Waals surface area contributed by atoms with Gasteiger partial charge in [-0.2, -0.15) is 0 Å². The van der Waals surface area contributed by atoms with E-state index in [4.69, 9.17) is 4.74 Å². The van der Waals surface area contributed by atoms with Gasteiger partial charge in [0.2, 0.25) is 11.8 Å². The van der Waals surface area contributed by atoms with E-state index >= 15 is 0 Å². The molecule has 1 saturated heterocycles. The van der Waals surface area contributed by atoms with Crippen molar-refractivity contribution in [3.63, 3.8) is 0 Å². The minimum Gasteiger partial charge on any atom is -0.378 e. The fraction of sp³-hybridized carbons (Fsp3) is 0.429. The molecule has 1 unspecified atom stereocenters. The molecule has 3 N–H and O–H groups in total. The molecule has 0 radical (unpaired) electrons. The van der Waals surface area contributed by atoms with Gasteiger partial charge in [-0.05, 0) is 18.2 Å². The summed E-state index contributed by atoms with van der Waals surface area (Å²) in [5.74, 6) is 0.360. The highest BCUT2D eigenvalue weighted by atomic mass is 35.5. The van der Waals surface area contributed by atoms with Crippen molar-refractivity contribution < 1.29 is 14.3 Å². The number of thioether (sulfide) groups is 1. The van der Waals surface area contributed by atoms with Gasteiger partial charge in [0, 0.05) is 29.6 Å². The van der Waals surface area contributed by atoms with Crippen molar-refractivity contribution in [3.8, 4) is 0 Å². The highest BCUT2D eigenvalue weighted by Gasteiger charge is 2.18. The highest BCUT2D eigenvalue weighted by Crippen LogP contribution is 2.33. The van der Waals surface area contributed by atoms with Gasteiger partial charge in [0.25, 0.3) is 0 Å². The summed E-state index contributed by atoms with van der Waals surface area (Å²) < 4.78 is 5.33. The summed E-state index contributed by atoms with van der Waals surface area (Å²) in [6.07, 6.45) is 0.373. The van der Waals surface area contributed by atoms with E-state index < -0.39 is 0 Å². The zero-order valence-corrected chi connectivity index (χ0v) is 13.5. The summed E-state index contributed by atoms with van der Waals surface area (Å²) >= 11 is 1.50. The molecule has 8 heteroatoms. The molecule has 3 rings (SSSR count). The monoisotopic (exact) mass is 343 g/mol. The predicted molar refractivity (Wildman–Crippen MR) is 88.9 cm³/mol. The van der Waals surface area contributed by atoms with E-state index in [1.807, 2.05) is 12.1 Å². The lowest BCUT2D eigenvalue weighted by molar-refractivity contribution is -0.117. The second-order valence-corrected chi connectivity index (χ2v) is 6.04. The average Bonchev–Trinajstić information content (AvgIpc) is 2.47. The first-order valence-corrected chi connectivity index (χ1v) is 7.87. The summed E-state index contributed by atoms with van der Waals surface area (Å²) in [7, 11) is 0. The van der Waals surface area contributed by atoms with Crippen LogP contribution in [0, 0.1) is 0 Å². The Morgan fingerprint density at radius 3 is 3.09 bits per heavy atom. The minimum atomic E-state index is -0.0623. The van der Waals surface area contributed by atoms with E-state index in [0.29, 0.717) is 31.1 Å². The number of nitrogens with one attached hydrogen (secondary N) is 3. The van der Waals surface area contributed by atoms with Crippen LogP contribution in [0.3, 0.4) is 0 Å². The van der Waals surface area contributed by atoms with Crippen molar-refractivity contribution in [1.29, 1.82) is 0 Å². The number of morpholine rings is 1. The van der Waals surface area contributed by atoms with E-state index in [1.165, 1.54) is 11.8 Å². The molecule has 1 aromatic carbocycles. The molecule has 0 spiro atoms. The lowest BCUT2D eigenvalue weighted by Gasteiger charge is -2.23. The first-order valence-electron chi connectivity index (χ1n) is 6.88. The molecule has 2 amide bonds. The number of anilines is 2. The van der Waals surface area contributed by atoms with Crippen LogP contribution in [-0.2, 0) is 14.3 Å². The molecule has 1 fully saturated rings. The van der Waals surface area contributed by atoms with Gasteiger partial charge >= 0.3 is 0 Å². The van der Waals surface area contributed by atoms with Crippen molar-refractivity contribution in [2.75, 3.05) is 36.1 Å². The molecule has 120 valence electrons. The Morgan fingerprint density at radius 1 is 1.45 bits per heavy atom. The maximum absolute atomic E-state index is 12.0. The number of hydrogen-bond acceptors (Lipinski definition) is 5. The fourth-order valence-corrected chi connectivity index (χ4v) is 3.14. The third-order valence-corrected chi connectivity index (χ3v) is 4.40. The van der Waals surface area contributed by atoms with Crippen LogP contribution in [-0.4, -0.2) is 43.4 Å². The van der Waals surface area contributed by atoms with Gasteiger partial charge in [0.1, 0.15) is 0 Å². The molecule has 0 aliphatic carbocycles. The summed E-state index contributed by atoms with van der Waals surface area (Å²) in [4.78, 5) is 24.4. The average molecular weight is 344 g/mol. The number of amides is 2. The Labute approximate surface area is 139 Å². The van der Waals surface area contributed by atoms with Crippen LogP contribution in [0.25, 0.3) is 0 Å². The number of rotatable bonds is 3. The van der Waals surface area contributed by atoms with Crippen LogP contribution in [0.5, 0.6) is 0 Å². The zero-order valence-electron chi connectivity index (χ0n) is 11.9. The van der Waals surface area contributed by atoms with E-state index in [-0.39, 0.29) is 30.3 Å². The van der Waals surface area contributed by atoms with Crippen LogP contribution in [0.2, 0.25) is 0 Å². The fourth-order valence-electron chi connectivity index (χ4n) is 2.35. The minimum absolute atomic E-state index is 0. The molecule has 0 aromatic heterocycles. The van der Waals surface area contributed by atoms with Gasteiger partial charge in [-0.15, -0.1) is 24.2 Å². The van der Waals surface area contributed by atoms with Crippen LogP contribution >= 0.6 is 24.2 Å². The molecule has 2 heterocycles. The molecule has 1 aromatic rings. The Balaban J connectivity index is 0.00000176. The summed E-state index contributed by atoms with van der Waals surface area (Å²) in [6, 6.07) is 5.62. The lowest BCUT2D eigenvalue weighted by atomic mass is 10.2. The summed E-state index contributed by atoms with van der Waals surface area (Å²) in [5, 5.41) is 8.92. The zero-order chi connectivity index (χ0) is 14.7. The Kier molecular flexibility index (Phi) is 6.07. The molecule has 6 nitrogen and oxygen atoms in total. The van der Waals surface area contributed by atoms with Crippen molar-refractivity contribution in [2.45, 2.75) is 17.4 Å². The summed E-state index contributed by atoms with van der Waals surface area (Å²) in [6.45, 7) is 2.03. The number of ether oxygens (including phenoxy) is 1. The Hall–Kier alpha value is -1.28. The number of hydrogen-bond donors (Lipinski definition) is 3. The molecule has 1 atom stereocenters. The summed E-state index contributed by atoms with van der Waals surface area (Å²) in [5.41, 5.74) is 1.45. The largest absolute Gasteiger partial charge is 0.378 e. The Bertz CT molecular complexity index is 564. The van der Waals surface area contributed by atoms with Gasteiger partial charge in [0.15, 0.2) is 0 Å². The van der Waals surface area contributed by atoms with E-state index in [0.717, 1.165) is 17.1 Å². The smallest absolute Gasteiger partial charge is 0.234 e. The molecule has 2 aliphatic heterocycles. The van der Waals surface area contributed by atoms with Crippen molar-refractivity contribution >= 4 is 47.4 Å². The number of halogens is 1. The molecule has 22 heavy (non-hydrogen) atoms. The van der Waals surface area contributed by atoms with Crippen molar-refractivity contribution in [3.05, 3.63) is 18.2 Å². The first kappa shape index (κ1) is 17.1. The van der Waals surface area contributed by atoms with E-state index in [2.05, 4.69) is 16.0 Å². The third-order valence-electron chi connectivity index (χ3n) is 3.33. The van der Waals surface area contributed by atoms with Gasteiger partial charge in [-0.3, -0.25) is 9.59 Å². The predicted octanol–water partition coefficient (Wildman–Crippen LogP) is 1.47. The van der Waals surface area contributed by atoms with Crippen LogP contribution in [0.15, 0.2) is 23.1 Å². The van der Waals surface area contributed by atoms with Gasteiger partial charge in [-0.1, -0.05) is 0 Å². The van der Waals surface area contributed by atoms with Crippen molar-refractivity contribution in [2.24, 2.45) is 0 Å². The number of benzene rings is 1. The van der Waals surface area contributed by atoms with Gasteiger partial charge in [-0.25, -0.2) is 0 Å². The van der Waals surface area contributed by atoms with Crippen LogP contribution in [0.1, 0.15) is 6.42 Å². The second kappa shape index (κ2) is 7.82. The third kappa shape index (κ3) is 4.36. The molecule has 2 aliphatic rings. The first-order chi connectivity index (χ1) is 10.2. The number of fused-ring (bicyclic) bond motifs is 1. The normalized spacial score (nSPS) is 20.4. The van der Waals surface area contributed by atoms with Crippen molar-refractivity contribution in [1.82, 2.24) is 5.32 Å². The van der Waals surface area contributed by atoms with Gasteiger partial charge < -0.3 is 20.7 Å². The maximum atomic E-state index is 12.0. The van der Waals surface area contributed by atoms with Gasteiger partial charge in [0.05, 0.1) is 24.7 Å². The Morgan fingerprint density at radius 2 is 2.32 bits per heavy atom. The number of carbonyl (C=O) groups is 2. The molecule has 0 saturated carbocycles. The number of carbonyl (C=O) groups excluding carboxylic acids is 2. The quantitative estimate of drug-likeness (QED) is 0.774. The van der Waals surface area contributed by atoms with E-state index in [1.54, 1.807) is 6.07 Å². The molecular weight excluding hydrogens is 326 g/mol. The molecular formula is C14H18ClN3O3S. The maximum Gasteiger partial charge on any atom is 0.234 e. The van der Waals surface area contributed by atoms with Crippen LogP contribution < -0.4 is 16.0 Å². The van der Waals surface area contributed by atoms with Crippen LogP contribution in [0.4, 0.5) is 11.4 Å². The van der Waals surface area contributed by atoms with E-state index in [9.17, 15) is 9.59 Å². The SMILES string of the molecule is Cl.O=C(CC1COCCN1)Nc1ccc2c(c1)NC(=O)CS2. The highest BCUT2D eigenvalue weighted by molar-refractivity contribution is 8.00. The standard InChI is InChI=1S/C14H17N3O3S.ClH/c18-13(6-10-7-20-4-3-15-10)16-9-1-2-12-11(5-9)17-14(19)8-21-12;/h1-2,5,10,15H,3-4,6-8H2,(H,16,18)(H,17,19);1H. The topological polar surface area (TPSA) is 79.5 Å².